The molecule has 1 heterocycles. The zero-order chi connectivity index (χ0) is 9.42. The lowest BCUT2D eigenvalue weighted by atomic mass is 10.0. The number of amides is 1. The van der Waals surface area contributed by atoms with Gasteiger partial charge in [0.2, 0.25) is 5.91 Å². The fourth-order valence-corrected chi connectivity index (χ4v) is 1.80. The molecule has 0 aliphatic carbocycles. The maximum absolute atomic E-state index is 11.1. The van der Waals surface area contributed by atoms with Crippen LogP contribution in [-0.2, 0) is 11.2 Å². The van der Waals surface area contributed by atoms with Crippen molar-refractivity contribution >= 4 is 34.7 Å². The van der Waals surface area contributed by atoms with E-state index in [2.05, 4.69) is 5.32 Å². The Labute approximate surface area is 85.9 Å². The minimum Gasteiger partial charge on any atom is -0.316 e. The molecule has 0 unspecified atom stereocenters. The van der Waals surface area contributed by atoms with E-state index in [1.165, 1.54) is 0 Å². The first-order valence-corrected chi connectivity index (χ1v) is 4.58. The summed E-state index contributed by atoms with van der Waals surface area (Å²) in [4.78, 5) is 11.6. The third kappa shape index (κ3) is 1.57. The number of nitrogens with one attached hydrogen (secondary N) is 1. The van der Waals surface area contributed by atoms with E-state index >= 15 is 0 Å². The third-order valence-electron chi connectivity index (χ3n) is 1.92. The second-order valence-electron chi connectivity index (χ2n) is 2.86. The second-order valence-corrected chi connectivity index (χ2v) is 3.70. The van der Waals surface area contributed by atoms with Gasteiger partial charge in [-0.2, -0.15) is 0 Å². The molecule has 0 radical (unpaired) electrons. The molecule has 1 aromatic carbocycles. The van der Waals surface area contributed by atoms with Crippen molar-refractivity contribution in [2.75, 3.05) is 0 Å². The number of hydrogen-bond acceptors (Lipinski definition) is 2. The maximum Gasteiger partial charge on any atom is 0.229 e. The highest BCUT2D eigenvalue weighted by molar-refractivity contribution is 7.80. The quantitative estimate of drug-likeness (QED) is 0.662. The Hall–Kier alpha value is -0.930. The number of hydrogen-bond donors (Lipinski definition) is 1. The first-order valence-electron chi connectivity index (χ1n) is 3.79. The Kier molecular flexibility index (Phi) is 2.06. The van der Waals surface area contributed by atoms with Crippen LogP contribution < -0.4 is 5.32 Å². The second kappa shape index (κ2) is 3.09. The minimum atomic E-state index is -0.0557. The van der Waals surface area contributed by atoms with Crippen molar-refractivity contribution in [2.45, 2.75) is 6.42 Å². The molecule has 0 saturated carbocycles. The van der Waals surface area contributed by atoms with Crippen molar-refractivity contribution in [3.05, 3.63) is 34.3 Å². The van der Waals surface area contributed by atoms with Crippen LogP contribution in [0.15, 0.2) is 18.2 Å². The van der Waals surface area contributed by atoms with E-state index in [4.69, 9.17) is 23.8 Å². The van der Waals surface area contributed by atoms with Crippen LogP contribution in [0.2, 0.25) is 5.02 Å². The van der Waals surface area contributed by atoms with E-state index in [0.29, 0.717) is 16.4 Å². The number of benzene rings is 1. The van der Waals surface area contributed by atoms with Gasteiger partial charge in [0, 0.05) is 10.6 Å². The van der Waals surface area contributed by atoms with E-state index in [1.54, 1.807) is 12.1 Å². The van der Waals surface area contributed by atoms with Gasteiger partial charge in [-0.05, 0) is 17.7 Å². The van der Waals surface area contributed by atoms with Crippen LogP contribution in [0.5, 0.6) is 0 Å². The molecule has 1 amide bonds. The molecule has 66 valence electrons. The van der Waals surface area contributed by atoms with Gasteiger partial charge in [0.15, 0.2) is 0 Å². The maximum atomic E-state index is 11.1. The molecule has 0 bridgehead atoms. The molecule has 1 N–H and O–H groups in total. The van der Waals surface area contributed by atoms with Crippen LogP contribution in [-0.4, -0.2) is 10.9 Å². The van der Waals surface area contributed by atoms with E-state index < -0.39 is 0 Å². The molecule has 0 saturated heterocycles. The van der Waals surface area contributed by atoms with Crippen molar-refractivity contribution in [2.24, 2.45) is 0 Å². The topological polar surface area (TPSA) is 29.1 Å². The number of fused-ring (bicyclic) bond motifs is 1. The Morgan fingerprint density at radius 3 is 3.00 bits per heavy atom. The van der Waals surface area contributed by atoms with Gasteiger partial charge in [-0.3, -0.25) is 4.79 Å². The normalized spacial score (nSPS) is 15.2. The number of halogens is 1. The largest absolute Gasteiger partial charge is 0.316 e. The zero-order valence-corrected chi connectivity index (χ0v) is 8.21. The Bertz CT molecular complexity index is 403. The molecule has 0 fully saturated rings. The average molecular weight is 212 g/mol. The molecule has 4 heteroatoms. The van der Waals surface area contributed by atoms with Gasteiger partial charge in [0.25, 0.3) is 0 Å². The minimum absolute atomic E-state index is 0.0557. The SMILES string of the molecule is O=C1Cc2ccc(Cl)cc2C(=S)N1. The summed E-state index contributed by atoms with van der Waals surface area (Å²) in [5, 5.41) is 3.23. The lowest BCUT2D eigenvalue weighted by molar-refractivity contribution is -0.119. The lowest BCUT2D eigenvalue weighted by Gasteiger charge is -2.17. The molecule has 0 atom stereocenters. The first-order chi connectivity index (χ1) is 6.16. The Morgan fingerprint density at radius 1 is 1.46 bits per heavy atom. The number of carbonyl (C=O) groups excluding carboxylic acids is 1. The third-order valence-corrected chi connectivity index (χ3v) is 2.48. The molecule has 0 spiro atoms. The summed E-state index contributed by atoms with van der Waals surface area (Å²) >= 11 is 10.8. The fraction of sp³-hybridized carbons (Fsp3) is 0.111. The van der Waals surface area contributed by atoms with Gasteiger partial charge in [-0.25, -0.2) is 0 Å². The summed E-state index contributed by atoms with van der Waals surface area (Å²) < 4.78 is 0. The van der Waals surface area contributed by atoms with Crippen molar-refractivity contribution < 1.29 is 4.79 Å². The molecule has 0 aromatic heterocycles. The van der Waals surface area contributed by atoms with Crippen molar-refractivity contribution in [1.29, 1.82) is 0 Å². The molecule has 2 rings (SSSR count). The highest BCUT2D eigenvalue weighted by Gasteiger charge is 2.18. The van der Waals surface area contributed by atoms with E-state index in [0.717, 1.165) is 11.1 Å². The summed E-state index contributed by atoms with van der Waals surface area (Å²) in [5.74, 6) is -0.0557. The summed E-state index contributed by atoms with van der Waals surface area (Å²) in [6, 6.07) is 5.38. The smallest absolute Gasteiger partial charge is 0.229 e. The molecule has 1 aliphatic heterocycles. The van der Waals surface area contributed by atoms with Crippen LogP contribution in [0.3, 0.4) is 0 Å². The molecular formula is C9H6ClNOS. The summed E-state index contributed by atoms with van der Waals surface area (Å²) in [7, 11) is 0. The monoisotopic (exact) mass is 211 g/mol. The lowest BCUT2D eigenvalue weighted by Crippen LogP contribution is -2.36. The van der Waals surface area contributed by atoms with Crippen molar-refractivity contribution in [3.8, 4) is 0 Å². The van der Waals surface area contributed by atoms with Crippen LogP contribution >= 0.6 is 23.8 Å². The van der Waals surface area contributed by atoms with Crippen molar-refractivity contribution in [1.82, 2.24) is 5.32 Å². The Morgan fingerprint density at radius 2 is 2.23 bits per heavy atom. The summed E-state index contributed by atoms with van der Waals surface area (Å²) in [6.45, 7) is 0. The molecule has 2 nitrogen and oxygen atoms in total. The summed E-state index contributed by atoms with van der Waals surface area (Å²) in [6.07, 6.45) is 0.382. The fourth-order valence-electron chi connectivity index (χ4n) is 1.33. The van der Waals surface area contributed by atoms with Crippen LogP contribution in [0.4, 0.5) is 0 Å². The van der Waals surface area contributed by atoms with Crippen molar-refractivity contribution in [3.63, 3.8) is 0 Å². The highest BCUT2D eigenvalue weighted by atomic mass is 35.5. The van der Waals surface area contributed by atoms with Gasteiger partial charge in [-0.1, -0.05) is 29.9 Å². The number of carbonyl (C=O) groups is 1. The van der Waals surface area contributed by atoms with Crippen LogP contribution in [0, 0.1) is 0 Å². The number of rotatable bonds is 0. The molecule has 1 aromatic rings. The van der Waals surface area contributed by atoms with Crippen LogP contribution in [0.1, 0.15) is 11.1 Å². The predicted octanol–water partition coefficient (Wildman–Crippen LogP) is 1.69. The zero-order valence-electron chi connectivity index (χ0n) is 6.63. The van der Waals surface area contributed by atoms with Crippen LogP contribution in [0.25, 0.3) is 0 Å². The van der Waals surface area contributed by atoms with E-state index in [9.17, 15) is 4.79 Å². The van der Waals surface area contributed by atoms with Gasteiger partial charge in [0.1, 0.15) is 4.99 Å². The molecule has 13 heavy (non-hydrogen) atoms. The van der Waals surface area contributed by atoms with Gasteiger partial charge >= 0.3 is 0 Å². The molecular weight excluding hydrogens is 206 g/mol. The van der Waals surface area contributed by atoms with Gasteiger partial charge in [0.05, 0.1) is 6.42 Å². The first kappa shape index (κ1) is 8.66. The average Bonchev–Trinajstić information content (AvgIpc) is 2.06. The standard InChI is InChI=1S/C9H6ClNOS/c10-6-2-1-5-3-8(12)11-9(13)7(5)4-6/h1-2,4H,3H2,(H,11,12,13). The predicted molar refractivity (Wildman–Crippen MR) is 55.0 cm³/mol. The summed E-state index contributed by atoms with van der Waals surface area (Å²) in [5.41, 5.74) is 1.81. The Balaban J connectivity index is 2.55. The van der Waals surface area contributed by atoms with Gasteiger partial charge < -0.3 is 5.32 Å². The van der Waals surface area contributed by atoms with E-state index in [1.807, 2.05) is 6.07 Å². The van der Waals surface area contributed by atoms with Gasteiger partial charge in [-0.15, -0.1) is 0 Å². The highest BCUT2D eigenvalue weighted by Crippen LogP contribution is 2.19. The molecule has 1 aliphatic rings. The van der Waals surface area contributed by atoms with E-state index in [-0.39, 0.29) is 5.91 Å². The number of thiocarbonyl (C=S) groups is 1.